The Labute approximate surface area is 114 Å². The average molecular weight is 271 g/mol. The summed E-state index contributed by atoms with van der Waals surface area (Å²) < 4.78 is 5.21. The zero-order valence-corrected chi connectivity index (χ0v) is 11.6. The van der Waals surface area contributed by atoms with E-state index >= 15 is 0 Å². The molecule has 0 N–H and O–H groups in total. The first-order chi connectivity index (χ1) is 9.20. The maximum absolute atomic E-state index is 12.0. The summed E-state index contributed by atoms with van der Waals surface area (Å²) in [6.07, 6.45) is 0.628. The third kappa shape index (κ3) is 1.98. The summed E-state index contributed by atoms with van der Waals surface area (Å²) in [5.41, 5.74) is 1.79. The molecule has 0 saturated carbocycles. The highest BCUT2D eigenvalue weighted by Crippen LogP contribution is 2.35. The fraction of sp³-hybridized carbons (Fsp3) is 0.200. The molecule has 3 nitrogen and oxygen atoms in total. The van der Waals surface area contributed by atoms with Gasteiger partial charge in [0, 0.05) is 11.3 Å². The number of aromatic nitrogens is 1. The van der Waals surface area contributed by atoms with Crippen LogP contribution in [0.25, 0.3) is 20.7 Å². The van der Waals surface area contributed by atoms with Crippen LogP contribution in [-0.4, -0.2) is 4.98 Å². The van der Waals surface area contributed by atoms with Crippen molar-refractivity contribution in [1.29, 1.82) is 0 Å². The molecule has 96 valence electrons. The Hall–Kier alpha value is -1.94. The third-order valence-corrected chi connectivity index (χ3v) is 4.34. The minimum Gasteiger partial charge on any atom is -0.408 e. The number of nitrogens with zero attached hydrogens (tertiary/aromatic N) is 1. The first kappa shape index (κ1) is 12.1. The fourth-order valence-electron chi connectivity index (χ4n) is 2.13. The van der Waals surface area contributed by atoms with Gasteiger partial charge in [-0.05, 0) is 18.1 Å². The van der Waals surface area contributed by atoms with Crippen LogP contribution in [0.4, 0.5) is 0 Å². The highest BCUT2D eigenvalue weighted by atomic mass is 32.1. The third-order valence-electron chi connectivity index (χ3n) is 3.11. The Balaban J connectivity index is 2.32. The Morgan fingerprint density at radius 1 is 1.26 bits per heavy atom. The van der Waals surface area contributed by atoms with Gasteiger partial charge in [0.15, 0.2) is 5.89 Å². The van der Waals surface area contributed by atoms with Gasteiger partial charge in [0.05, 0.1) is 0 Å². The number of thiophene rings is 1. The zero-order chi connectivity index (χ0) is 13.4. The summed E-state index contributed by atoms with van der Waals surface area (Å²) in [5, 5.41) is 0.612. The zero-order valence-electron chi connectivity index (χ0n) is 10.8. The highest BCUT2D eigenvalue weighted by molar-refractivity contribution is 7.22. The molecule has 4 heteroatoms. The van der Waals surface area contributed by atoms with Crippen LogP contribution in [0.15, 0.2) is 39.5 Å². The lowest BCUT2D eigenvalue weighted by atomic mass is 10.1. The molecule has 0 spiro atoms. The topological polar surface area (TPSA) is 43.1 Å². The summed E-state index contributed by atoms with van der Waals surface area (Å²) in [4.78, 5) is 18.3. The lowest BCUT2D eigenvalue weighted by Crippen LogP contribution is -2.03. The van der Waals surface area contributed by atoms with Gasteiger partial charge in [0.25, 0.3) is 0 Å². The van der Waals surface area contributed by atoms with Crippen LogP contribution in [0.5, 0.6) is 0 Å². The molecule has 0 radical (unpaired) electrons. The number of benzene rings is 1. The molecule has 3 rings (SSSR count). The Morgan fingerprint density at radius 3 is 2.68 bits per heavy atom. The second kappa shape index (κ2) is 4.63. The summed E-state index contributed by atoms with van der Waals surface area (Å²) in [5.74, 6) is 0.498. The molecule has 0 aliphatic rings. The molecular weight excluding hydrogens is 258 g/mol. The number of fused-ring (bicyclic) bond motifs is 1. The summed E-state index contributed by atoms with van der Waals surface area (Å²) in [7, 11) is 0. The monoisotopic (exact) mass is 271 g/mol. The number of hydrogen-bond acceptors (Lipinski definition) is 4. The van der Waals surface area contributed by atoms with E-state index in [9.17, 15) is 4.79 Å². The van der Waals surface area contributed by atoms with Gasteiger partial charge >= 0.3 is 5.63 Å². The van der Waals surface area contributed by atoms with Crippen molar-refractivity contribution >= 4 is 21.6 Å². The summed E-state index contributed by atoms with van der Waals surface area (Å²) >= 11 is 1.55. The molecule has 0 atom stereocenters. The molecule has 2 aromatic heterocycles. The Kier molecular flexibility index (Phi) is 2.95. The second-order valence-electron chi connectivity index (χ2n) is 4.35. The molecule has 19 heavy (non-hydrogen) atoms. The number of aryl methyl sites for hydroxylation is 2. The van der Waals surface area contributed by atoms with E-state index in [1.54, 1.807) is 11.3 Å². The van der Waals surface area contributed by atoms with Crippen LogP contribution in [0.2, 0.25) is 0 Å². The van der Waals surface area contributed by atoms with Gasteiger partial charge in [-0.25, -0.2) is 9.78 Å². The fourth-order valence-corrected chi connectivity index (χ4v) is 3.32. The van der Waals surface area contributed by atoms with Crippen molar-refractivity contribution in [3.63, 3.8) is 0 Å². The highest BCUT2D eigenvalue weighted by Gasteiger charge is 2.16. The Morgan fingerprint density at radius 2 is 2.00 bits per heavy atom. The van der Waals surface area contributed by atoms with Crippen LogP contribution >= 0.6 is 11.3 Å². The number of rotatable bonds is 2. The van der Waals surface area contributed by atoms with Gasteiger partial charge < -0.3 is 4.42 Å². The van der Waals surface area contributed by atoms with Gasteiger partial charge in [0.2, 0.25) is 0 Å². The van der Waals surface area contributed by atoms with E-state index in [2.05, 4.69) is 4.98 Å². The van der Waals surface area contributed by atoms with E-state index in [0.29, 0.717) is 17.7 Å². The molecule has 0 aliphatic carbocycles. The average Bonchev–Trinajstić information content (AvgIpc) is 2.77. The van der Waals surface area contributed by atoms with Crippen LogP contribution < -0.4 is 5.63 Å². The quantitative estimate of drug-likeness (QED) is 0.712. The first-order valence-electron chi connectivity index (χ1n) is 6.19. The maximum atomic E-state index is 12.0. The predicted molar refractivity (Wildman–Crippen MR) is 77.7 cm³/mol. The molecular formula is C15H13NO2S. The minimum absolute atomic E-state index is 0.280. The molecule has 3 aromatic rings. The largest absolute Gasteiger partial charge is 0.408 e. The van der Waals surface area contributed by atoms with E-state index in [1.807, 2.05) is 44.2 Å². The standard InChI is InChI=1S/C15H13NO2S/c1-3-11-16-14-12(15(17)18-11)9(2)13(19-14)10-7-5-4-6-8-10/h4-8H,3H2,1-2H3. The first-order valence-corrected chi connectivity index (χ1v) is 7.01. The molecule has 0 amide bonds. The molecule has 0 bridgehead atoms. The van der Waals surface area contributed by atoms with E-state index < -0.39 is 0 Å². The van der Waals surface area contributed by atoms with Crippen molar-refractivity contribution in [2.24, 2.45) is 0 Å². The van der Waals surface area contributed by atoms with Crippen LogP contribution in [0.3, 0.4) is 0 Å². The molecule has 0 aliphatic heterocycles. The van der Waals surface area contributed by atoms with Gasteiger partial charge in [-0.3, -0.25) is 0 Å². The van der Waals surface area contributed by atoms with Crippen molar-refractivity contribution in [1.82, 2.24) is 4.98 Å². The molecule has 2 heterocycles. The van der Waals surface area contributed by atoms with Gasteiger partial charge in [-0.1, -0.05) is 37.3 Å². The lowest BCUT2D eigenvalue weighted by molar-refractivity contribution is 0.450. The summed E-state index contributed by atoms with van der Waals surface area (Å²) in [6, 6.07) is 10.0. The van der Waals surface area contributed by atoms with Gasteiger partial charge in [0.1, 0.15) is 10.2 Å². The number of hydrogen-bond donors (Lipinski definition) is 0. The normalized spacial score (nSPS) is 11.1. The maximum Gasteiger partial charge on any atom is 0.348 e. The molecule has 0 unspecified atom stereocenters. The smallest absolute Gasteiger partial charge is 0.348 e. The van der Waals surface area contributed by atoms with Crippen LogP contribution in [0.1, 0.15) is 18.4 Å². The lowest BCUT2D eigenvalue weighted by Gasteiger charge is -1.97. The van der Waals surface area contributed by atoms with E-state index in [4.69, 9.17) is 4.42 Å². The summed E-state index contributed by atoms with van der Waals surface area (Å²) in [6.45, 7) is 3.88. The Bertz CT molecular complexity index is 787. The molecule has 1 aromatic carbocycles. The van der Waals surface area contributed by atoms with Crippen molar-refractivity contribution in [3.05, 3.63) is 52.2 Å². The van der Waals surface area contributed by atoms with Gasteiger partial charge in [-0.2, -0.15) is 0 Å². The predicted octanol–water partition coefficient (Wildman–Crippen LogP) is 3.79. The molecule has 0 fully saturated rings. The van der Waals surface area contributed by atoms with Crippen molar-refractivity contribution in [2.75, 3.05) is 0 Å². The SMILES string of the molecule is CCc1nc2sc(-c3ccccc3)c(C)c2c(=O)o1. The molecule has 0 saturated heterocycles. The van der Waals surface area contributed by atoms with E-state index in [0.717, 1.165) is 20.8 Å². The minimum atomic E-state index is -0.280. The van der Waals surface area contributed by atoms with E-state index in [1.165, 1.54) is 0 Å². The van der Waals surface area contributed by atoms with E-state index in [-0.39, 0.29) is 5.63 Å². The second-order valence-corrected chi connectivity index (χ2v) is 5.35. The van der Waals surface area contributed by atoms with Crippen LogP contribution in [0, 0.1) is 6.92 Å². The van der Waals surface area contributed by atoms with Crippen LogP contribution in [-0.2, 0) is 6.42 Å². The van der Waals surface area contributed by atoms with Crippen molar-refractivity contribution in [2.45, 2.75) is 20.3 Å². The van der Waals surface area contributed by atoms with Gasteiger partial charge in [-0.15, -0.1) is 11.3 Å². The van der Waals surface area contributed by atoms with Crippen molar-refractivity contribution < 1.29 is 4.42 Å². The van der Waals surface area contributed by atoms with Crippen molar-refractivity contribution in [3.8, 4) is 10.4 Å².